The molecule has 0 aliphatic heterocycles. The molecule has 7 nitrogen and oxygen atoms in total. The van der Waals surface area contributed by atoms with Gasteiger partial charge in [-0.1, -0.05) is 24.3 Å². The van der Waals surface area contributed by atoms with Gasteiger partial charge in [0.2, 0.25) is 5.82 Å². The lowest BCUT2D eigenvalue weighted by Crippen LogP contribution is -2.16. The van der Waals surface area contributed by atoms with Gasteiger partial charge in [-0.25, -0.2) is 15.0 Å². The molecule has 0 unspecified atom stereocenters. The molecule has 4 rings (SSSR count). The number of rotatable bonds is 3. The maximum atomic E-state index is 12.3. The van der Waals surface area contributed by atoms with Crippen LogP contribution in [0.2, 0.25) is 0 Å². The summed E-state index contributed by atoms with van der Waals surface area (Å²) in [6.07, 6.45) is 4.60. The Morgan fingerprint density at radius 1 is 1.00 bits per heavy atom. The molecule has 1 aromatic carbocycles. The third-order valence-corrected chi connectivity index (χ3v) is 3.79. The van der Waals surface area contributed by atoms with Crippen molar-refractivity contribution in [3.8, 4) is 11.3 Å². The number of nitrogens with zero attached hydrogens (tertiary/aromatic N) is 5. The molecule has 3 heterocycles. The van der Waals surface area contributed by atoms with Crippen LogP contribution in [0, 0.1) is 6.92 Å². The zero-order valence-electron chi connectivity index (χ0n) is 13.4. The number of fused-ring (bicyclic) bond motifs is 1. The van der Waals surface area contributed by atoms with E-state index in [9.17, 15) is 4.79 Å². The van der Waals surface area contributed by atoms with Crippen molar-refractivity contribution < 1.29 is 4.79 Å². The Labute approximate surface area is 143 Å². The first-order valence-corrected chi connectivity index (χ1v) is 7.71. The topological polar surface area (TPSA) is 85.1 Å². The summed E-state index contributed by atoms with van der Waals surface area (Å²) in [5.41, 5.74) is 3.59. The summed E-state index contributed by atoms with van der Waals surface area (Å²) >= 11 is 0. The minimum absolute atomic E-state index is 0.0903. The Morgan fingerprint density at radius 3 is 2.60 bits per heavy atom. The van der Waals surface area contributed by atoms with Crippen LogP contribution in [-0.2, 0) is 0 Å². The van der Waals surface area contributed by atoms with E-state index >= 15 is 0 Å². The molecule has 1 amide bonds. The fourth-order valence-corrected chi connectivity index (χ4v) is 2.55. The van der Waals surface area contributed by atoms with Gasteiger partial charge in [0.15, 0.2) is 11.5 Å². The van der Waals surface area contributed by atoms with Crippen molar-refractivity contribution in [2.45, 2.75) is 6.92 Å². The fourth-order valence-electron chi connectivity index (χ4n) is 2.55. The largest absolute Gasteiger partial charge is 0.302 e. The van der Waals surface area contributed by atoms with E-state index in [0.717, 1.165) is 16.8 Å². The van der Waals surface area contributed by atoms with Crippen LogP contribution in [-0.4, -0.2) is 30.5 Å². The number of carbonyl (C=O) groups is 1. The molecule has 0 spiro atoms. The van der Waals surface area contributed by atoms with Crippen molar-refractivity contribution in [3.05, 3.63) is 72.4 Å². The Morgan fingerprint density at radius 2 is 1.80 bits per heavy atom. The van der Waals surface area contributed by atoms with Crippen LogP contribution in [0.15, 0.2) is 61.1 Å². The number of hydrogen-bond donors (Lipinski definition) is 1. The Bertz CT molecular complexity index is 1060. The van der Waals surface area contributed by atoms with Crippen molar-refractivity contribution in [1.82, 2.24) is 24.6 Å². The number of anilines is 1. The van der Waals surface area contributed by atoms with Crippen LogP contribution in [0.4, 0.5) is 5.82 Å². The second kappa shape index (κ2) is 6.12. The van der Waals surface area contributed by atoms with Gasteiger partial charge in [0.25, 0.3) is 5.91 Å². The lowest BCUT2D eigenvalue weighted by molar-refractivity contribution is 0.101. The fraction of sp³-hybridized carbons (Fsp3) is 0.0556. The summed E-state index contributed by atoms with van der Waals surface area (Å²) in [5, 5.41) is 7.36. The van der Waals surface area contributed by atoms with E-state index in [-0.39, 0.29) is 5.82 Å². The number of carbonyl (C=O) groups excluding carboxylic acids is 1. The average molecular weight is 330 g/mol. The summed E-state index contributed by atoms with van der Waals surface area (Å²) in [6, 6.07) is 13.4. The highest BCUT2D eigenvalue weighted by Gasteiger charge is 2.13. The molecule has 0 fully saturated rings. The van der Waals surface area contributed by atoms with Crippen molar-refractivity contribution in [2.75, 3.05) is 5.32 Å². The third-order valence-electron chi connectivity index (χ3n) is 3.79. The Hall–Kier alpha value is -3.61. The zero-order valence-corrected chi connectivity index (χ0v) is 13.4. The molecule has 1 N–H and O–H groups in total. The monoisotopic (exact) mass is 330 g/mol. The second-order valence-corrected chi connectivity index (χ2v) is 5.47. The lowest BCUT2D eigenvalue weighted by atomic mass is 10.1. The number of benzene rings is 1. The molecule has 25 heavy (non-hydrogen) atoms. The van der Waals surface area contributed by atoms with Gasteiger partial charge in [0.1, 0.15) is 0 Å². The van der Waals surface area contributed by atoms with Gasteiger partial charge in [-0.15, -0.1) is 0 Å². The summed E-state index contributed by atoms with van der Waals surface area (Å²) < 4.78 is 1.60. The van der Waals surface area contributed by atoms with Gasteiger partial charge < -0.3 is 5.32 Å². The predicted octanol–water partition coefficient (Wildman–Crippen LogP) is 2.75. The van der Waals surface area contributed by atoms with Crippen LogP contribution < -0.4 is 5.32 Å². The Kier molecular flexibility index (Phi) is 3.66. The van der Waals surface area contributed by atoms with Gasteiger partial charge in [-0.05, 0) is 30.7 Å². The first-order valence-electron chi connectivity index (χ1n) is 7.71. The number of aryl methyl sites for hydroxylation is 1. The molecule has 0 bridgehead atoms. The van der Waals surface area contributed by atoms with E-state index in [4.69, 9.17) is 0 Å². The maximum absolute atomic E-state index is 12.3. The smallest absolute Gasteiger partial charge is 0.294 e. The molecule has 0 saturated heterocycles. The molecule has 0 aliphatic carbocycles. The lowest BCUT2D eigenvalue weighted by Gasteiger charge is -2.07. The number of imidazole rings is 1. The summed E-state index contributed by atoms with van der Waals surface area (Å²) in [7, 11) is 0. The minimum atomic E-state index is -0.412. The van der Waals surface area contributed by atoms with Gasteiger partial charge in [-0.3, -0.25) is 4.79 Å². The maximum Gasteiger partial charge on any atom is 0.294 e. The molecule has 3 aromatic heterocycles. The average Bonchev–Trinajstić information content (AvgIpc) is 3.05. The van der Waals surface area contributed by atoms with Gasteiger partial charge in [-0.2, -0.15) is 9.61 Å². The van der Waals surface area contributed by atoms with E-state index < -0.39 is 5.91 Å². The normalized spacial score (nSPS) is 10.8. The first-order chi connectivity index (χ1) is 12.2. The highest BCUT2D eigenvalue weighted by molar-refractivity contribution is 6.01. The van der Waals surface area contributed by atoms with Crippen molar-refractivity contribution >= 4 is 17.4 Å². The second-order valence-electron chi connectivity index (χ2n) is 5.47. The van der Waals surface area contributed by atoms with Crippen molar-refractivity contribution in [2.24, 2.45) is 0 Å². The summed E-state index contributed by atoms with van der Waals surface area (Å²) in [4.78, 5) is 24.4. The molecule has 4 aromatic rings. The van der Waals surface area contributed by atoms with Crippen LogP contribution >= 0.6 is 0 Å². The molecule has 0 radical (unpaired) electrons. The molecule has 0 atom stereocenters. The van der Waals surface area contributed by atoms with E-state index in [2.05, 4.69) is 25.4 Å². The number of hydrogen-bond acceptors (Lipinski definition) is 5. The van der Waals surface area contributed by atoms with E-state index in [1.54, 1.807) is 16.8 Å². The molecular formula is C18H14N6O. The predicted molar refractivity (Wildman–Crippen MR) is 93.1 cm³/mol. The van der Waals surface area contributed by atoms with Gasteiger partial charge >= 0.3 is 0 Å². The van der Waals surface area contributed by atoms with Crippen molar-refractivity contribution in [1.29, 1.82) is 0 Å². The highest BCUT2D eigenvalue weighted by Crippen LogP contribution is 2.22. The zero-order chi connectivity index (χ0) is 17.2. The van der Waals surface area contributed by atoms with Crippen LogP contribution in [0.5, 0.6) is 0 Å². The molecule has 7 heteroatoms. The van der Waals surface area contributed by atoms with Crippen LogP contribution in [0.25, 0.3) is 16.9 Å². The van der Waals surface area contributed by atoms with Crippen molar-refractivity contribution in [3.63, 3.8) is 0 Å². The summed E-state index contributed by atoms with van der Waals surface area (Å²) in [5.74, 6) is 0.140. The quantitative estimate of drug-likeness (QED) is 0.624. The van der Waals surface area contributed by atoms with Crippen LogP contribution in [0.1, 0.15) is 16.2 Å². The molecule has 0 saturated carbocycles. The van der Waals surface area contributed by atoms with E-state index in [1.807, 2.05) is 43.3 Å². The third kappa shape index (κ3) is 2.83. The number of amides is 1. The molecular weight excluding hydrogens is 316 g/mol. The SMILES string of the molecule is Cc1ccccc1-c1ccc2ncc(NC(=O)c3ncccn3)n2n1. The first kappa shape index (κ1) is 14.9. The Balaban J connectivity index is 1.72. The molecule has 122 valence electrons. The van der Waals surface area contributed by atoms with Gasteiger partial charge in [0.05, 0.1) is 11.9 Å². The summed E-state index contributed by atoms with van der Waals surface area (Å²) in [6.45, 7) is 2.03. The van der Waals surface area contributed by atoms with E-state index in [0.29, 0.717) is 11.5 Å². The number of aromatic nitrogens is 5. The van der Waals surface area contributed by atoms with Crippen LogP contribution in [0.3, 0.4) is 0 Å². The number of nitrogens with one attached hydrogen (secondary N) is 1. The molecule has 0 aliphatic rings. The standard InChI is InChI=1S/C18H14N6O/c1-12-5-2-3-6-13(12)14-7-8-15-21-11-16(24(15)23-14)22-18(25)17-19-9-4-10-20-17/h2-11H,1H3,(H,22,25). The van der Waals surface area contributed by atoms with E-state index in [1.165, 1.54) is 12.4 Å². The highest BCUT2D eigenvalue weighted by atomic mass is 16.2. The minimum Gasteiger partial charge on any atom is -0.302 e. The van der Waals surface area contributed by atoms with Gasteiger partial charge in [0, 0.05) is 18.0 Å².